The van der Waals surface area contributed by atoms with Crippen LogP contribution in [0.3, 0.4) is 0 Å². The van der Waals surface area contributed by atoms with Crippen LogP contribution < -0.4 is 0 Å². The molecular weight excluding hydrogens is 315 g/mol. The van der Waals surface area contributed by atoms with Crippen molar-refractivity contribution < 1.29 is 0 Å². The number of benzene rings is 1. The van der Waals surface area contributed by atoms with Gasteiger partial charge in [0.15, 0.2) is 0 Å². The molecule has 0 aromatic heterocycles. The molecule has 3 heteroatoms. The zero-order valence-electron chi connectivity index (χ0n) is 7.19. The number of hydrogen-bond donors (Lipinski definition) is 0. The molecular formula is C10H11Br2Cl. The second-order valence-corrected chi connectivity index (χ2v) is 4.64. The second kappa shape index (κ2) is 6.05. The van der Waals surface area contributed by atoms with Crippen LogP contribution in [-0.2, 0) is 11.8 Å². The van der Waals surface area contributed by atoms with Gasteiger partial charge in [-0.15, -0.1) is 11.6 Å². The lowest BCUT2D eigenvalue weighted by molar-refractivity contribution is 0.922. The van der Waals surface area contributed by atoms with Gasteiger partial charge in [0.25, 0.3) is 0 Å². The van der Waals surface area contributed by atoms with Crippen molar-refractivity contribution in [2.24, 2.45) is 0 Å². The van der Waals surface area contributed by atoms with E-state index < -0.39 is 0 Å². The molecule has 1 aromatic carbocycles. The Bertz CT molecular complexity index is 274. The summed E-state index contributed by atoms with van der Waals surface area (Å²) >= 11 is 12.6. The summed E-state index contributed by atoms with van der Waals surface area (Å²) in [5.41, 5.74) is 2.66. The Kier molecular flexibility index (Phi) is 5.37. The van der Waals surface area contributed by atoms with Crippen LogP contribution in [0, 0.1) is 0 Å². The highest BCUT2D eigenvalue weighted by Gasteiger charge is 2.00. The van der Waals surface area contributed by atoms with Gasteiger partial charge in [0.05, 0.1) is 0 Å². The molecule has 0 fully saturated rings. The van der Waals surface area contributed by atoms with Crippen molar-refractivity contribution in [3.63, 3.8) is 0 Å². The summed E-state index contributed by atoms with van der Waals surface area (Å²) in [6.45, 7) is 0. The molecule has 0 N–H and O–H groups in total. The van der Waals surface area contributed by atoms with Crippen molar-refractivity contribution in [1.82, 2.24) is 0 Å². The predicted molar refractivity (Wildman–Crippen MR) is 65.8 cm³/mol. The number of halogens is 3. The Morgan fingerprint density at radius 1 is 1.31 bits per heavy atom. The van der Waals surface area contributed by atoms with Crippen molar-refractivity contribution in [2.75, 3.05) is 5.88 Å². The normalized spacial score (nSPS) is 10.4. The Balaban J connectivity index is 2.78. The van der Waals surface area contributed by atoms with Crippen LogP contribution >= 0.6 is 43.5 Å². The average molecular weight is 326 g/mol. The summed E-state index contributed by atoms with van der Waals surface area (Å²) in [4.78, 5) is 0. The molecule has 0 aliphatic carbocycles. The van der Waals surface area contributed by atoms with Gasteiger partial charge in [-0.1, -0.05) is 44.0 Å². The van der Waals surface area contributed by atoms with E-state index in [1.54, 1.807) is 0 Å². The number of aryl methyl sites for hydroxylation is 1. The summed E-state index contributed by atoms with van der Waals surface area (Å²) in [7, 11) is 0. The number of hydrogen-bond acceptors (Lipinski definition) is 0. The van der Waals surface area contributed by atoms with Crippen molar-refractivity contribution in [2.45, 2.75) is 18.2 Å². The van der Waals surface area contributed by atoms with Gasteiger partial charge in [0.2, 0.25) is 0 Å². The van der Waals surface area contributed by atoms with Crippen LogP contribution in [0.15, 0.2) is 22.7 Å². The first-order valence-electron chi connectivity index (χ1n) is 4.17. The lowest BCUT2D eigenvalue weighted by Gasteiger charge is -2.05. The molecule has 72 valence electrons. The lowest BCUT2D eigenvalue weighted by atomic mass is 10.1. The van der Waals surface area contributed by atoms with E-state index >= 15 is 0 Å². The maximum Gasteiger partial charge on any atom is 0.0283 e. The third kappa shape index (κ3) is 3.61. The number of alkyl halides is 2. The maximum absolute atomic E-state index is 5.65. The smallest absolute Gasteiger partial charge is 0.0283 e. The third-order valence-corrected chi connectivity index (χ3v) is 3.53. The van der Waals surface area contributed by atoms with Crippen LogP contribution in [0.1, 0.15) is 17.5 Å². The SMILES string of the molecule is ClCCCc1cc(CBr)ccc1Br. The Morgan fingerprint density at radius 2 is 2.08 bits per heavy atom. The van der Waals surface area contributed by atoms with Crippen molar-refractivity contribution in [3.8, 4) is 0 Å². The molecule has 0 radical (unpaired) electrons. The van der Waals surface area contributed by atoms with Gasteiger partial charge in [-0.3, -0.25) is 0 Å². The van der Waals surface area contributed by atoms with Crippen LogP contribution in [0.5, 0.6) is 0 Å². The molecule has 0 unspecified atom stereocenters. The summed E-state index contributed by atoms with van der Waals surface area (Å²) < 4.78 is 1.18. The average Bonchev–Trinajstić information content (AvgIpc) is 2.17. The topological polar surface area (TPSA) is 0 Å². The molecule has 0 spiro atoms. The molecule has 13 heavy (non-hydrogen) atoms. The summed E-state index contributed by atoms with van der Waals surface area (Å²) in [6, 6.07) is 6.43. The standard InChI is InChI=1S/C10H11Br2Cl/c11-7-8-3-4-10(12)9(6-8)2-1-5-13/h3-4,6H,1-2,5,7H2. The molecule has 0 aliphatic heterocycles. The first-order chi connectivity index (χ1) is 6.27. The van der Waals surface area contributed by atoms with Crippen LogP contribution in [-0.4, -0.2) is 5.88 Å². The minimum absolute atomic E-state index is 0.727. The molecule has 1 aromatic rings. The van der Waals surface area contributed by atoms with E-state index in [0.29, 0.717) is 0 Å². The van der Waals surface area contributed by atoms with E-state index in [1.807, 2.05) is 0 Å². The fourth-order valence-corrected chi connectivity index (χ4v) is 2.09. The molecule has 0 bridgehead atoms. The van der Waals surface area contributed by atoms with Gasteiger partial charge in [0.1, 0.15) is 0 Å². The Labute approximate surface area is 101 Å². The number of rotatable bonds is 4. The zero-order valence-corrected chi connectivity index (χ0v) is 11.1. The van der Waals surface area contributed by atoms with E-state index in [1.165, 1.54) is 15.6 Å². The minimum atomic E-state index is 0.727. The minimum Gasteiger partial charge on any atom is -0.127 e. The summed E-state index contributed by atoms with van der Waals surface area (Å²) in [5, 5.41) is 0.911. The van der Waals surface area contributed by atoms with E-state index in [9.17, 15) is 0 Å². The van der Waals surface area contributed by atoms with Crippen molar-refractivity contribution in [1.29, 1.82) is 0 Å². The largest absolute Gasteiger partial charge is 0.127 e. The molecule has 0 atom stereocenters. The second-order valence-electron chi connectivity index (χ2n) is 2.85. The summed E-state index contributed by atoms with van der Waals surface area (Å²) in [6.07, 6.45) is 2.08. The van der Waals surface area contributed by atoms with Gasteiger partial charge < -0.3 is 0 Å². The lowest BCUT2D eigenvalue weighted by Crippen LogP contribution is -1.90. The van der Waals surface area contributed by atoms with Gasteiger partial charge in [-0.05, 0) is 30.0 Å². The highest BCUT2D eigenvalue weighted by Crippen LogP contribution is 2.21. The van der Waals surface area contributed by atoms with Crippen LogP contribution in [0.2, 0.25) is 0 Å². The Hall–Kier alpha value is 0.470. The van der Waals surface area contributed by atoms with Gasteiger partial charge in [-0.2, -0.15) is 0 Å². The van der Waals surface area contributed by atoms with Crippen LogP contribution in [0.4, 0.5) is 0 Å². The molecule has 0 saturated heterocycles. The molecule has 1 rings (SSSR count). The summed E-state index contributed by atoms with van der Waals surface area (Å²) in [5.74, 6) is 0.727. The highest BCUT2D eigenvalue weighted by atomic mass is 79.9. The fourth-order valence-electron chi connectivity index (χ4n) is 1.16. The monoisotopic (exact) mass is 324 g/mol. The van der Waals surface area contributed by atoms with E-state index in [0.717, 1.165) is 24.1 Å². The molecule has 0 saturated carbocycles. The molecule has 0 heterocycles. The first-order valence-corrected chi connectivity index (χ1v) is 6.62. The van der Waals surface area contributed by atoms with Crippen molar-refractivity contribution in [3.05, 3.63) is 33.8 Å². The Morgan fingerprint density at radius 3 is 2.69 bits per heavy atom. The maximum atomic E-state index is 5.65. The van der Waals surface area contributed by atoms with E-state index in [2.05, 4.69) is 50.1 Å². The van der Waals surface area contributed by atoms with Gasteiger partial charge in [-0.25, -0.2) is 0 Å². The van der Waals surface area contributed by atoms with Gasteiger partial charge in [0, 0.05) is 15.7 Å². The first kappa shape index (κ1) is 11.5. The quantitative estimate of drug-likeness (QED) is 0.714. The van der Waals surface area contributed by atoms with Gasteiger partial charge >= 0.3 is 0 Å². The van der Waals surface area contributed by atoms with E-state index in [-0.39, 0.29) is 0 Å². The highest BCUT2D eigenvalue weighted by molar-refractivity contribution is 9.10. The van der Waals surface area contributed by atoms with E-state index in [4.69, 9.17) is 11.6 Å². The van der Waals surface area contributed by atoms with Crippen molar-refractivity contribution >= 4 is 43.5 Å². The fraction of sp³-hybridized carbons (Fsp3) is 0.400. The molecule has 0 amide bonds. The molecule has 0 aliphatic rings. The zero-order chi connectivity index (χ0) is 9.68. The third-order valence-electron chi connectivity index (χ3n) is 1.84. The predicted octanol–water partition coefficient (Wildman–Crippen LogP) is 4.52. The van der Waals surface area contributed by atoms with Crippen LogP contribution in [0.25, 0.3) is 0 Å². The molecule has 0 nitrogen and oxygen atoms in total.